The zero-order valence-electron chi connectivity index (χ0n) is 8.85. The molecule has 0 fully saturated rings. The van der Waals surface area contributed by atoms with E-state index in [4.69, 9.17) is 4.74 Å². The molecule has 4 nitrogen and oxygen atoms in total. The van der Waals surface area contributed by atoms with Crippen molar-refractivity contribution in [3.05, 3.63) is 30.1 Å². The molecule has 1 aromatic carbocycles. The van der Waals surface area contributed by atoms with Crippen molar-refractivity contribution < 1.29 is 21.7 Å². The van der Waals surface area contributed by atoms with Gasteiger partial charge in [-0.2, -0.15) is 8.42 Å². The predicted molar refractivity (Wildman–Crippen MR) is 57.3 cm³/mol. The Morgan fingerprint density at radius 1 is 1.19 bits per heavy atom. The fourth-order valence-corrected chi connectivity index (χ4v) is 1.41. The van der Waals surface area contributed by atoms with E-state index < -0.39 is 10.1 Å². The summed E-state index contributed by atoms with van der Waals surface area (Å²) >= 11 is 0. The molecular formula is C10H13FO4S. The summed E-state index contributed by atoms with van der Waals surface area (Å²) in [6.07, 6.45) is 1.44. The molecule has 0 amide bonds. The van der Waals surface area contributed by atoms with E-state index in [9.17, 15) is 12.8 Å². The highest BCUT2D eigenvalue weighted by molar-refractivity contribution is 7.85. The van der Waals surface area contributed by atoms with E-state index in [0.717, 1.165) is 6.26 Å². The van der Waals surface area contributed by atoms with Crippen molar-refractivity contribution in [1.29, 1.82) is 0 Å². The Kier molecular flexibility index (Phi) is 4.70. The van der Waals surface area contributed by atoms with E-state index >= 15 is 0 Å². The third kappa shape index (κ3) is 5.67. The summed E-state index contributed by atoms with van der Waals surface area (Å²) < 4.78 is 43.5. The van der Waals surface area contributed by atoms with Crippen molar-refractivity contribution in [2.75, 3.05) is 19.5 Å². The number of halogens is 1. The van der Waals surface area contributed by atoms with Crippen LogP contribution in [0, 0.1) is 5.82 Å². The van der Waals surface area contributed by atoms with E-state index in [1.54, 1.807) is 0 Å². The van der Waals surface area contributed by atoms with E-state index in [-0.39, 0.29) is 12.4 Å². The maximum Gasteiger partial charge on any atom is 0.264 e. The maximum atomic E-state index is 12.5. The molecule has 0 radical (unpaired) electrons. The molecule has 1 aromatic rings. The first-order chi connectivity index (χ1) is 7.47. The minimum Gasteiger partial charge on any atom is -0.494 e. The summed E-state index contributed by atoms with van der Waals surface area (Å²) in [5.41, 5.74) is 0. The first-order valence-electron chi connectivity index (χ1n) is 4.70. The molecule has 6 heteroatoms. The zero-order chi connectivity index (χ0) is 12.0. The van der Waals surface area contributed by atoms with Gasteiger partial charge in [-0.1, -0.05) is 0 Å². The highest BCUT2D eigenvalue weighted by atomic mass is 32.2. The highest BCUT2D eigenvalue weighted by Gasteiger charge is 2.00. The monoisotopic (exact) mass is 248 g/mol. The first kappa shape index (κ1) is 12.9. The van der Waals surface area contributed by atoms with Gasteiger partial charge in [0, 0.05) is 6.42 Å². The minimum atomic E-state index is -3.38. The molecule has 0 aromatic heterocycles. The van der Waals surface area contributed by atoms with Gasteiger partial charge >= 0.3 is 0 Å². The molecule has 0 aliphatic rings. The maximum absolute atomic E-state index is 12.5. The Morgan fingerprint density at radius 3 is 2.38 bits per heavy atom. The Bertz CT molecular complexity index is 413. The Balaban J connectivity index is 2.19. The first-order valence-corrected chi connectivity index (χ1v) is 6.52. The van der Waals surface area contributed by atoms with Crippen LogP contribution < -0.4 is 4.74 Å². The van der Waals surface area contributed by atoms with Crippen molar-refractivity contribution in [1.82, 2.24) is 0 Å². The molecule has 1 rings (SSSR count). The molecule has 16 heavy (non-hydrogen) atoms. The van der Waals surface area contributed by atoms with Crippen molar-refractivity contribution in [2.24, 2.45) is 0 Å². The molecule has 0 heterocycles. The van der Waals surface area contributed by atoms with E-state index in [1.165, 1.54) is 24.3 Å². The van der Waals surface area contributed by atoms with Gasteiger partial charge in [0.2, 0.25) is 0 Å². The molecular weight excluding hydrogens is 235 g/mol. The van der Waals surface area contributed by atoms with Crippen LogP contribution in [0.4, 0.5) is 4.39 Å². The summed E-state index contributed by atoms with van der Waals surface area (Å²) in [5, 5.41) is 0. The van der Waals surface area contributed by atoms with Gasteiger partial charge in [0.15, 0.2) is 0 Å². The van der Waals surface area contributed by atoms with Crippen molar-refractivity contribution >= 4 is 10.1 Å². The zero-order valence-corrected chi connectivity index (χ0v) is 9.67. The van der Waals surface area contributed by atoms with Crippen LogP contribution in [-0.4, -0.2) is 27.9 Å². The minimum absolute atomic E-state index is 0.0834. The smallest absolute Gasteiger partial charge is 0.264 e. The summed E-state index contributed by atoms with van der Waals surface area (Å²) in [6.45, 7) is 0.404. The standard InChI is InChI=1S/C10H13FO4S/c1-16(12,13)15-8-2-7-14-10-5-3-9(11)4-6-10/h3-6H,2,7-8H2,1H3. The second-order valence-corrected chi connectivity index (χ2v) is 4.83. The lowest BCUT2D eigenvalue weighted by Gasteiger charge is -2.05. The number of hydrogen-bond donors (Lipinski definition) is 0. The Morgan fingerprint density at radius 2 is 1.81 bits per heavy atom. The van der Waals surface area contributed by atoms with Crippen LogP contribution in [0.25, 0.3) is 0 Å². The summed E-state index contributed by atoms with van der Waals surface area (Å²) in [4.78, 5) is 0. The molecule has 0 N–H and O–H groups in total. The number of benzene rings is 1. The number of rotatable bonds is 6. The molecule has 0 unspecified atom stereocenters. The van der Waals surface area contributed by atoms with Crippen molar-refractivity contribution in [3.8, 4) is 5.75 Å². The van der Waals surface area contributed by atoms with Gasteiger partial charge in [0.1, 0.15) is 11.6 Å². The van der Waals surface area contributed by atoms with Gasteiger partial charge in [-0.15, -0.1) is 0 Å². The van der Waals surface area contributed by atoms with Crippen LogP contribution >= 0.6 is 0 Å². The van der Waals surface area contributed by atoms with Crippen LogP contribution in [0.3, 0.4) is 0 Å². The second-order valence-electron chi connectivity index (χ2n) is 3.18. The lowest BCUT2D eigenvalue weighted by Crippen LogP contribution is -2.07. The second kappa shape index (κ2) is 5.81. The van der Waals surface area contributed by atoms with Gasteiger partial charge in [-0.3, -0.25) is 4.18 Å². The van der Waals surface area contributed by atoms with Gasteiger partial charge in [-0.25, -0.2) is 4.39 Å². The molecule has 0 atom stereocenters. The topological polar surface area (TPSA) is 52.6 Å². The fourth-order valence-electron chi connectivity index (χ4n) is 0.990. The molecule has 0 aliphatic heterocycles. The Hall–Kier alpha value is -1.14. The molecule has 0 saturated carbocycles. The van der Waals surface area contributed by atoms with E-state index in [1.807, 2.05) is 0 Å². The average molecular weight is 248 g/mol. The summed E-state index contributed by atoms with van der Waals surface area (Å²) in [7, 11) is -3.38. The molecule has 0 bridgehead atoms. The van der Waals surface area contributed by atoms with Gasteiger partial charge < -0.3 is 4.74 Å². The third-order valence-electron chi connectivity index (χ3n) is 1.67. The predicted octanol–water partition coefficient (Wildman–Crippen LogP) is 1.57. The quantitative estimate of drug-likeness (QED) is 0.566. The summed E-state index contributed by atoms with van der Waals surface area (Å²) in [6, 6.07) is 5.60. The summed E-state index contributed by atoms with van der Waals surface area (Å²) in [5.74, 6) is 0.216. The number of ether oxygens (including phenoxy) is 1. The van der Waals surface area contributed by atoms with Crippen molar-refractivity contribution in [2.45, 2.75) is 6.42 Å². The largest absolute Gasteiger partial charge is 0.494 e. The molecule has 0 spiro atoms. The van der Waals surface area contributed by atoms with Gasteiger partial charge in [-0.05, 0) is 24.3 Å². The van der Waals surface area contributed by atoms with Crippen LogP contribution in [0.15, 0.2) is 24.3 Å². The highest BCUT2D eigenvalue weighted by Crippen LogP contribution is 2.11. The third-order valence-corrected chi connectivity index (χ3v) is 2.26. The van der Waals surface area contributed by atoms with E-state index in [2.05, 4.69) is 4.18 Å². The normalized spacial score (nSPS) is 11.4. The van der Waals surface area contributed by atoms with Crippen LogP contribution in [0.2, 0.25) is 0 Å². The van der Waals surface area contributed by atoms with Gasteiger partial charge in [0.25, 0.3) is 10.1 Å². The molecule has 90 valence electrons. The van der Waals surface area contributed by atoms with Crippen molar-refractivity contribution in [3.63, 3.8) is 0 Å². The van der Waals surface area contributed by atoms with Gasteiger partial charge in [0.05, 0.1) is 19.5 Å². The van der Waals surface area contributed by atoms with Crippen LogP contribution in [-0.2, 0) is 14.3 Å². The lowest BCUT2D eigenvalue weighted by molar-refractivity contribution is 0.252. The fraction of sp³-hybridized carbons (Fsp3) is 0.400. The van der Waals surface area contributed by atoms with E-state index in [0.29, 0.717) is 18.8 Å². The SMILES string of the molecule is CS(=O)(=O)OCCCOc1ccc(F)cc1. The number of hydrogen-bond acceptors (Lipinski definition) is 4. The molecule has 0 saturated heterocycles. The Labute approximate surface area is 94.1 Å². The van der Waals surface area contributed by atoms with Crippen LogP contribution in [0.5, 0.6) is 5.75 Å². The average Bonchev–Trinajstić information content (AvgIpc) is 2.19. The lowest BCUT2D eigenvalue weighted by atomic mass is 10.3. The van der Waals surface area contributed by atoms with Crippen LogP contribution in [0.1, 0.15) is 6.42 Å². The molecule has 0 aliphatic carbocycles.